The minimum Gasteiger partial charge on any atom is -0.482 e. The van der Waals surface area contributed by atoms with E-state index in [9.17, 15) is 4.79 Å². The van der Waals surface area contributed by atoms with E-state index in [2.05, 4.69) is 11.2 Å². The molecule has 4 nitrogen and oxygen atoms in total. The van der Waals surface area contributed by atoms with Gasteiger partial charge in [-0.2, -0.15) is 0 Å². The van der Waals surface area contributed by atoms with Gasteiger partial charge >= 0.3 is 0 Å². The molecule has 1 aromatic rings. The van der Waals surface area contributed by atoms with Crippen LogP contribution in [0.5, 0.6) is 5.75 Å². The van der Waals surface area contributed by atoms with Gasteiger partial charge in [0.15, 0.2) is 6.61 Å². The number of benzene rings is 1. The molecule has 0 atom stereocenters. The van der Waals surface area contributed by atoms with E-state index in [1.165, 1.54) is 0 Å². The van der Waals surface area contributed by atoms with Gasteiger partial charge in [0.05, 0.1) is 11.6 Å². The Hall–Kier alpha value is -1.41. The molecule has 102 valence electrons. The van der Waals surface area contributed by atoms with Crippen LogP contribution in [0, 0.1) is 12.3 Å². The van der Waals surface area contributed by atoms with Gasteiger partial charge in [-0.15, -0.1) is 6.42 Å². The predicted octanol–water partition coefficient (Wildman–Crippen LogP) is 1.62. The summed E-state index contributed by atoms with van der Waals surface area (Å²) >= 11 is 12.0. The monoisotopic (exact) mass is 300 g/mol. The van der Waals surface area contributed by atoms with Crippen molar-refractivity contribution in [2.75, 3.05) is 19.7 Å². The molecule has 0 aliphatic heterocycles. The fourth-order valence-corrected chi connectivity index (χ4v) is 2.04. The Morgan fingerprint density at radius 3 is 2.84 bits per heavy atom. The summed E-state index contributed by atoms with van der Waals surface area (Å²) in [5.74, 6) is 2.41. The van der Waals surface area contributed by atoms with E-state index >= 15 is 0 Å². The standard InChI is InChI=1S/C13H14Cl2N2O2/c1-2-5-17-12(18)8-19-13-9(3-4-16)6-10(14)7-11(13)15/h1,6-7H,3-5,8,16H2,(H,17,18). The molecule has 1 aromatic carbocycles. The highest BCUT2D eigenvalue weighted by molar-refractivity contribution is 6.35. The maximum atomic E-state index is 11.4. The number of ether oxygens (including phenoxy) is 1. The Balaban J connectivity index is 2.76. The molecule has 1 amide bonds. The maximum absolute atomic E-state index is 11.4. The van der Waals surface area contributed by atoms with E-state index in [0.29, 0.717) is 28.8 Å². The van der Waals surface area contributed by atoms with Crippen molar-refractivity contribution < 1.29 is 9.53 Å². The van der Waals surface area contributed by atoms with Crippen LogP contribution in [0.1, 0.15) is 5.56 Å². The molecule has 6 heteroatoms. The number of halogens is 2. The molecule has 0 aliphatic carbocycles. The van der Waals surface area contributed by atoms with Gasteiger partial charge in [-0.3, -0.25) is 4.79 Å². The summed E-state index contributed by atoms with van der Waals surface area (Å²) in [6.07, 6.45) is 5.59. The van der Waals surface area contributed by atoms with Crippen molar-refractivity contribution in [2.24, 2.45) is 5.73 Å². The van der Waals surface area contributed by atoms with E-state index in [1.54, 1.807) is 12.1 Å². The van der Waals surface area contributed by atoms with Gasteiger partial charge in [0.1, 0.15) is 5.75 Å². The zero-order valence-corrected chi connectivity index (χ0v) is 11.7. The molecule has 0 fully saturated rings. The van der Waals surface area contributed by atoms with Gasteiger partial charge in [-0.25, -0.2) is 0 Å². The van der Waals surface area contributed by atoms with Gasteiger partial charge in [-0.05, 0) is 30.7 Å². The fraction of sp³-hybridized carbons (Fsp3) is 0.308. The molecule has 0 unspecified atom stereocenters. The Morgan fingerprint density at radius 2 is 2.21 bits per heavy atom. The van der Waals surface area contributed by atoms with Gasteiger partial charge in [0.25, 0.3) is 5.91 Å². The van der Waals surface area contributed by atoms with Crippen LogP contribution in [-0.2, 0) is 11.2 Å². The summed E-state index contributed by atoms with van der Waals surface area (Å²) in [7, 11) is 0. The van der Waals surface area contributed by atoms with Crippen molar-refractivity contribution >= 4 is 29.1 Å². The minimum atomic E-state index is -0.317. The molecular formula is C13H14Cl2N2O2. The van der Waals surface area contributed by atoms with Crippen molar-refractivity contribution in [3.63, 3.8) is 0 Å². The van der Waals surface area contributed by atoms with Gasteiger partial charge in [0, 0.05) is 5.02 Å². The number of hydrogen-bond acceptors (Lipinski definition) is 3. The molecule has 0 spiro atoms. The van der Waals surface area contributed by atoms with E-state index in [4.69, 9.17) is 40.1 Å². The number of rotatable bonds is 6. The van der Waals surface area contributed by atoms with Crippen molar-refractivity contribution in [1.29, 1.82) is 0 Å². The highest BCUT2D eigenvalue weighted by Crippen LogP contribution is 2.32. The van der Waals surface area contributed by atoms with Crippen molar-refractivity contribution in [1.82, 2.24) is 5.32 Å². The lowest BCUT2D eigenvalue weighted by atomic mass is 10.1. The summed E-state index contributed by atoms with van der Waals surface area (Å²) in [5.41, 5.74) is 6.28. The first-order valence-corrected chi connectivity index (χ1v) is 6.35. The lowest BCUT2D eigenvalue weighted by Crippen LogP contribution is -2.29. The van der Waals surface area contributed by atoms with Gasteiger partial charge in [0.2, 0.25) is 0 Å². The van der Waals surface area contributed by atoms with Gasteiger partial charge < -0.3 is 15.8 Å². The smallest absolute Gasteiger partial charge is 0.258 e. The molecule has 0 aromatic heterocycles. The second-order valence-electron chi connectivity index (χ2n) is 3.68. The maximum Gasteiger partial charge on any atom is 0.258 e. The molecule has 0 heterocycles. The Morgan fingerprint density at radius 1 is 1.47 bits per heavy atom. The van der Waals surface area contributed by atoms with Crippen LogP contribution in [0.2, 0.25) is 10.0 Å². The average Bonchev–Trinajstić information content (AvgIpc) is 2.35. The van der Waals surface area contributed by atoms with Crippen molar-refractivity contribution in [2.45, 2.75) is 6.42 Å². The average molecular weight is 301 g/mol. The number of carbonyl (C=O) groups excluding carboxylic acids is 1. The second-order valence-corrected chi connectivity index (χ2v) is 4.53. The zero-order chi connectivity index (χ0) is 14.3. The lowest BCUT2D eigenvalue weighted by molar-refractivity contribution is -0.122. The van der Waals surface area contributed by atoms with E-state index < -0.39 is 0 Å². The fourth-order valence-electron chi connectivity index (χ4n) is 1.45. The zero-order valence-electron chi connectivity index (χ0n) is 10.2. The Kier molecular flexibility index (Phi) is 6.51. The van der Waals surface area contributed by atoms with Crippen molar-refractivity contribution in [3.8, 4) is 18.1 Å². The lowest BCUT2D eigenvalue weighted by Gasteiger charge is -2.13. The molecule has 0 bridgehead atoms. The SMILES string of the molecule is C#CCNC(=O)COc1c(Cl)cc(Cl)cc1CCN. The van der Waals surface area contributed by atoms with E-state index in [-0.39, 0.29) is 19.1 Å². The first-order valence-electron chi connectivity index (χ1n) is 5.59. The molecule has 0 radical (unpaired) electrons. The normalized spacial score (nSPS) is 9.79. The van der Waals surface area contributed by atoms with E-state index in [1.807, 2.05) is 0 Å². The number of carbonyl (C=O) groups is 1. The largest absolute Gasteiger partial charge is 0.482 e. The summed E-state index contributed by atoms with van der Waals surface area (Å²) in [6.45, 7) is 0.420. The highest BCUT2D eigenvalue weighted by atomic mass is 35.5. The highest BCUT2D eigenvalue weighted by Gasteiger charge is 2.12. The van der Waals surface area contributed by atoms with Crippen LogP contribution in [0.3, 0.4) is 0 Å². The Bertz CT molecular complexity index is 498. The van der Waals surface area contributed by atoms with Crippen LogP contribution < -0.4 is 15.8 Å². The van der Waals surface area contributed by atoms with Crippen LogP contribution in [-0.4, -0.2) is 25.6 Å². The van der Waals surface area contributed by atoms with Crippen LogP contribution >= 0.6 is 23.2 Å². The van der Waals surface area contributed by atoms with E-state index in [0.717, 1.165) is 5.56 Å². The third kappa shape index (κ3) is 4.99. The first-order chi connectivity index (χ1) is 9.08. The number of nitrogens with two attached hydrogens (primary N) is 1. The number of nitrogens with one attached hydrogen (secondary N) is 1. The topological polar surface area (TPSA) is 64.3 Å². The predicted molar refractivity (Wildman–Crippen MR) is 76.6 cm³/mol. The molecule has 0 saturated heterocycles. The molecule has 1 rings (SSSR count). The second kappa shape index (κ2) is 7.90. The first kappa shape index (κ1) is 15.6. The molecule has 0 aliphatic rings. The summed E-state index contributed by atoms with van der Waals surface area (Å²) in [4.78, 5) is 11.4. The summed E-state index contributed by atoms with van der Waals surface area (Å²) in [5, 5.41) is 3.34. The van der Waals surface area contributed by atoms with Gasteiger partial charge in [-0.1, -0.05) is 29.1 Å². The Labute approximate surface area is 122 Å². The van der Waals surface area contributed by atoms with Crippen molar-refractivity contribution in [3.05, 3.63) is 27.7 Å². The van der Waals surface area contributed by atoms with Crippen LogP contribution in [0.15, 0.2) is 12.1 Å². The van der Waals surface area contributed by atoms with Crippen LogP contribution in [0.4, 0.5) is 0 Å². The quantitative estimate of drug-likeness (QED) is 0.785. The molecule has 0 saturated carbocycles. The number of hydrogen-bond donors (Lipinski definition) is 2. The summed E-state index contributed by atoms with van der Waals surface area (Å²) in [6, 6.07) is 3.27. The molecular weight excluding hydrogens is 287 g/mol. The third-order valence-electron chi connectivity index (χ3n) is 2.23. The third-order valence-corrected chi connectivity index (χ3v) is 2.73. The summed E-state index contributed by atoms with van der Waals surface area (Å²) < 4.78 is 5.41. The minimum absolute atomic E-state index is 0.159. The number of amides is 1. The van der Waals surface area contributed by atoms with Crippen LogP contribution in [0.25, 0.3) is 0 Å². The number of terminal acetylenes is 1. The molecule has 3 N–H and O–H groups in total. The molecule has 19 heavy (non-hydrogen) atoms.